The smallest absolute Gasteiger partial charge is 0.170 e. The monoisotopic (exact) mass is 411 g/mol. The highest BCUT2D eigenvalue weighted by atomic mass is 35.5. The highest BCUT2D eigenvalue weighted by molar-refractivity contribution is 7.80. The lowest BCUT2D eigenvalue weighted by molar-refractivity contribution is 0.237. The van der Waals surface area contributed by atoms with E-state index in [1.165, 1.54) is 0 Å². The van der Waals surface area contributed by atoms with Crippen molar-refractivity contribution < 1.29 is 4.42 Å². The Bertz CT molecular complexity index is 1000. The first kappa shape index (κ1) is 19.0. The van der Waals surface area contributed by atoms with Gasteiger partial charge in [-0.15, -0.1) is 0 Å². The fourth-order valence-corrected chi connectivity index (χ4v) is 4.38. The number of halogens is 1. The van der Waals surface area contributed by atoms with E-state index in [4.69, 9.17) is 28.2 Å². The standard InChI is InChI=1S/C22H22ClN3OS/c1-13(2)26-21(20(25-22(26)28)17-9-4-5-12-24-17)19-11-10-18(27-19)15-7-6-8-16(23)14(15)3/h4-13,20-21H,1-3H3,(H,25,28)/t20-,21+/m0/s1. The van der Waals surface area contributed by atoms with Crippen LogP contribution in [0.1, 0.15) is 42.9 Å². The van der Waals surface area contributed by atoms with Gasteiger partial charge in [0.1, 0.15) is 17.6 Å². The molecule has 2 atom stereocenters. The average molecular weight is 412 g/mol. The van der Waals surface area contributed by atoms with E-state index in [2.05, 4.69) is 29.0 Å². The van der Waals surface area contributed by atoms with Crippen LogP contribution in [0, 0.1) is 6.92 Å². The lowest BCUT2D eigenvalue weighted by Gasteiger charge is -2.29. The Labute approximate surface area is 175 Å². The highest BCUT2D eigenvalue weighted by Gasteiger charge is 2.42. The van der Waals surface area contributed by atoms with Gasteiger partial charge >= 0.3 is 0 Å². The normalized spacial score (nSPS) is 19.3. The Morgan fingerprint density at radius 2 is 1.96 bits per heavy atom. The molecule has 1 aliphatic rings. The number of aromatic nitrogens is 1. The molecule has 1 aromatic carbocycles. The third kappa shape index (κ3) is 3.29. The van der Waals surface area contributed by atoms with Gasteiger partial charge in [-0.25, -0.2) is 0 Å². The van der Waals surface area contributed by atoms with E-state index in [9.17, 15) is 0 Å². The minimum Gasteiger partial charge on any atom is -0.459 e. The van der Waals surface area contributed by atoms with E-state index in [1.807, 2.05) is 55.5 Å². The van der Waals surface area contributed by atoms with E-state index in [0.29, 0.717) is 5.11 Å². The summed E-state index contributed by atoms with van der Waals surface area (Å²) in [6.45, 7) is 6.27. The number of thiocarbonyl (C=S) groups is 1. The fraction of sp³-hybridized carbons (Fsp3) is 0.273. The highest BCUT2D eigenvalue weighted by Crippen LogP contribution is 2.42. The number of furan rings is 1. The molecule has 144 valence electrons. The van der Waals surface area contributed by atoms with Crippen molar-refractivity contribution in [2.75, 3.05) is 0 Å². The molecular weight excluding hydrogens is 390 g/mol. The minimum absolute atomic E-state index is 0.0735. The lowest BCUT2D eigenvalue weighted by atomic mass is 10.0. The van der Waals surface area contributed by atoms with Crippen LogP contribution in [0.15, 0.2) is 59.1 Å². The average Bonchev–Trinajstić information content (AvgIpc) is 3.29. The van der Waals surface area contributed by atoms with Gasteiger partial charge in [-0.05, 0) is 68.9 Å². The second-order valence-electron chi connectivity index (χ2n) is 7.24. The summed E-state index contributed by atoms with van der Waals surface area (Å²) in [7, 11) is 0. The molecular formula is C22H22ClN3OS. The first-order chi connectivity index (χ1) is 13.5. The molecule has 0 bridgehead atoms. The molecule has 6 heteroatoms. The van der Waals surface area contributed by atoms with Gasteiger partial charge in [0.05, 0.1) is 11.7 Å². The van der Waals surface area contributed by atoms with Crippen molar-refractivity contribution in [3.63, 3.8) is 0 Å². The molecule has 3 aromatic rings. The van der Waals surface area contributed by atoms with Crippen LogP contribution in [0.25, 0.3) is 11.3 Å². The Morgan fingerprint density at radius 1 is 1.14 bits per heavy atom. The Morgan fingerprint density at radius 3 is 2.68 bits per heavy atom. The summed E-state index contributed by atoms with van der Waals surface area (Å²) in [5.74, 6) is 1.65. The van der Waals surface area contributed by atoms with Crippen LogP contribution in [-0.2, 0) is 0 Å². The topological polar surface area (TPSA) is 41.3 Å². The molecule has 0 saturated carbocycles. The summed E-state index contributed by atoms with van der Waals surface area (Å²) in [5.41, 5.74) is 2.94. The largest absolute Gasteiger partial charge is 0.459 e. The molecule has 0 amide bonds. The zero-order valence-electron chi connectivity index (χ0n) is 16.0. The van der Waals surface area contributed by atoms with Crippen molar-refractivity contribution in [2.24, 2.45) is 0 Å². The first-order valence-electron chi connectivity index (χ1n) is 9.32. The van der Waals surface area contributed by atoms with E-state index < -0.39 is 0 Å². The van der Waals surface area contributed by atoms with Crippen molar-refractivity contribution in [1.29, 1.82) is 0 Å². The second kappa shape index (κ2) is 7.57. The van der Waals surface area contributed by atoms with Crippen LogP contribution in [-0.4, -0.2) is 21.0 Å². The van der Waals surface area contributed by atoms with Crippen LogP contribution >= 0.6 is 23.8 Å². The molecule has 2 aromatic heterocycles. The number of nitrogens with one attached hydrogen (secondary N) is 1. The van der Waals surface area contributed by atoms with E-state index >= 15 is 0 Å². The predicted molar refractivity (Wildman–Crippen MR) is 116 cm³/mol. The summed E-state index contributed by atoms with van der Waals surface area (Å²) < 4.78 is 6.34. The van der Waals surface area contributed by atoms with Gasteiger partial charge in [0.25, 0.3) is 0 Å². The fourth-order valence-electron chi connectivity index (χ4n) is 3.76. The molecule has 0 unspecified atom stereocenters. The number of nitrogens with zero attached hydrogens (tertiary/aromatic N) is 2. The van der Waals surface area contributed by atoms with Gasteiger partial charge < -0.3 is 14.6 Å². The van der Waals surface area contributed by atoms with Gasteiger partial charge in [0.15, 0.2) is 5.11 Å². The van der Waals surface area contributed by atoms with Crippen LogP contribution in [0.2, 0.25) is 5.02 Å². The van der Waals surface area contributed by atoms with Crippen LogP contribution in [0.5, 0.6) is 0 Å². The van der Waals surface area contributed by atoms with Crippen molar-refractivity contribution in [2.45, 2.75) is 38.9 Å². The summed E-state index contributed by atoms with van der Waals surface area (Å²) >= 11 is 11.9. The third-order valence-corrected chi connectivity index (χ3v) is 5.88. The summed E-state index contributed by atoms with van der Waals surface area (Å²) in [6, 6.07) is 15.9. The number of pyridine rings is 1. The van der Waals surface area contributed by atoms with Crippen molar-refractivity contribution >= 4 is 28.9 Å². The van der Waals surface area contributed by atoms with Gasteiger partial charge in [-0.2, -0.15) is 0 Å². The number of hydrogen-bond acceptors (Lipinski definition) is 3. The number of rotatable bonds is 4. The molecule has 3 heterocycles. The van der Waals surface area contributed by atoms with Crippen LogP contribution < -0.4 is 5.32 Å². The quantitative estimate of drug-likeness (QED) is 0.559. The molecule has 28 heavy (non-hydrogen) atoms. The maximum atomic E-state index is 6.34. The van der Waals surface area contributed by atoms with Gasteiger partial charge in [0.2, 0.25) is 0 Å². The molecule has 1 fully saturated rings. The summed E-state index contributed by atoms with van der Waals surface area (Å²) in [4.78, 5) is 6.73. The second-order valence-corrected chi connectivity index (χ2v) is 8.04. The van der Waals surface area contributed by atoms with Crippen molar-refractivity contribution in [1.82, 2.24) is 15.2 Å². The number of benzene rings is 1. The van der Waals surface area contributed by atoms with E-state index in [-0.39, 0.29) is 18.1 Å². The van der Waals surface area contributed by atoms with Crippen LogP contribution in [0.4, 0.5) is 0 Å². The molecule has 0 radical (unpaired) electrons. The maximum absolute atomic E-state index is 6.34. The number of hydrogen-bond donors (Lipinski definition) is 1. The molecule has 0 spiro atoms. The summed E-state index contributed by atoms with van der Waals surface area (Å²) in [5, 5.41) is 4.88. The maximum Gasteiger partial charge on any atom is 0.170 e. The lowest BCUT2D eigenvalue weighted by Crippen LogP contribution is -2.35. The molecule has 0 aliphatic carbocycles. The SMILES string of the molecule is Cc1c(Cl)cccc1-c1ccc([C@@H]2[C@H](c3ccccn3)NC(=S)N2C(C)C)o1. The predicted octanol–water partition coefficient (Wildman–Crippen LogP) is 5.68. The van der Waals surface area contributed by atoms with E-state index in [1.54, 1.807) is 6.20 Å². The van der Waals surface area contributed by atoms with Crippen LogP contribution in [0.3, 0.4) is 0 Å². The van der Waals surface area contributed by atoms with Crippen molar-refractivity contribution in [3.8, 4) is 11.3 Å². The molecule has 1 saturated heterocycles. The van der Waals surface area contributed by atoms with Gasteiger partial charge in [-0.1, -0.05) is 29.8 Å². The zero-order valence-corrected chi connectivity index (χ0v) is 17.6. The molecule has 1 N–H and O–H groups in total. The van der Waals surface area contributed by atoms with E-state index in [0.717, 1.165) is 33.4 Å². The summed E-state index contributed by atoms with van der Waals surface area (Å²) in [6.07, 6.45) is 1.80. The molecule has 4 rings (SSSR count). The first-order valence-corrected chi connectivity index (χ1v) is 10.1. The minimum atomic E-state index is -0.0736. The third-order valence-electron chi connectivity index (χ3n) is 5.14. The zero-order chi connectivity index (χ0) is 19.8. The van der Waals surface area contributed by atoms with Crippen molar-refractivity contribution in [3.05, 3.63) is 76.8 Å². The Balaban J connectivity index is 1.77. The van der Waals surface area contributed by atoms with Gasteiger partial charge in [-0.3, -0.25) is 4.98 Å². The molecule has 1 aliphatic heterocycles. The molecule has 4 nitrogen and oxygen atoms in total. The van der Waals surface area contributed by atoms with Gasteiger partial charge in [0, 0.05) is 22.8 Å². The Hall–Kier alpha value is -2.37. The Kier molecular flexibility index (Phi) is 5.13.